The third-order valence-corrected chi connectivity index (χ3v) is 4.49. The predicted octanol–water partition coefficient (Wildman–Crippen LogP) is 3.99. The molecule has 1 N–H and O–H groups in total. The van der Waals surface area contributed by atoms with Gasteiger partial charge in [0.1, 0.15) is 0 Å². The van der Waals surface area contributed by atoms with E-state index in [2.05, 4.69) is 34.8 Å². The van der Waals surface area contributed by atoms with Crippen LogP contribution in [0.4, 0.5) is 0 Å². The summed E-state index contributed by atoms with van der Waals surface area (Å²) in [7, 11) is 0. The van der Waals surface area contributed by atoms with Crippen molar-refractivity contribution >= 4 is 28.5 Å². The summed E-state index contributed by atoms with van der Waals surface area (Å²) in [6.07, 6.45) is 6.42. The zero-order valence-corrected chi connectivity index (χ0v) is 13.0. The Morgan fingerprint density at radius 1 is 1.33 bits per heavy atom. The van der Waals surface area contributed by atoms with Gasteiger partial charge in [0.2, 0.25) is 0 Å². The van der Waals surface area contributed by atoms with Gasteiger partial charge < -0.3 is 5.32 Å². The van der Waals surface area contributed by atoms with E-state index in [1.54, 1.807) is 0 Å². The van der Waals surface area contributed by atoms with Crippen LogP contribution in [-0.2, 0) is 0 Å². The molecule has 0 radical (unpaired) electrons. The fourth-order valence-corrected chi connectivity index (χ4v) is 3.15. The predicted molar refractivity (Wildman–Crippen MR) is 82.7 cm³/mol. The second kappa shape index (κ2) is 6.04. The van der Waals surface area contributed by atoms with Gasteiger partial charge in [-0.05, 0) is 59.0 Å². The van der Waals surface area contributed by atoms with Crippen LogP contribution in [-0.4, -0.2) is 12.5 Å². The van der Waals surface area contributed by atoms with Crippen LogP contribution < -0.4 is 5.32 Å². The lowest BCUT2D eigenvalue weighted by Gasteiger charge is -2.33. The largest absolute Gasteiger partial charge is 0.351 e. The Labute approximate surface area is 123 Å². The SMILES string of the molecule is CC1(CNC(=O)c2cccc(I)c2)CCCCC1. The van der Waals surface area contributed by atoms with E-state index >= 15 is 0 Å². The van der Waals surface area contributed by atoms with Crippen molar-refractivity contribution in [2.45, 2.75) is 39.0 Å². The first-order valence-corrected chi connectivity index (χ1v) is 7.71. The van der Waals surface area contributed by atoms with Crippen molar-refractivity contribution in [1.82, 2.24) is 5.32 Å². The Morgan fingerprint density at radius 2 is 2.06 bits per heavy atom. The first-order chi connectivity index (χ1) is 8.59. The molecule has 18 heavy (non-hydrogen) atoms. The third kappa shape index (κ3) is 3.70. The molecule has 0 heterocycles. The van der Waals surface area contributed by atoms with Gasteiger partial charge in [-0.15, -0.1) is 0 Å². The van der Waals surface area contributed by atoms with Crippen molar-refractivity contribution < 1.29 is 4.79 Å². The van der Waals surface area contributed by atoms with Gasteiger partial charge in [-0.3, -0.25) is 4.79 Å². The second-order valence-electron chi connectivity index (χ2n) is 5.56. The van der Waals surface area contributed by atoms with Crippen LogP contribution in [0.25, 0.3) is 0 Å². The Kier molecular flexibility index (Phi) is 4.65. The highest BCUT2D eigenvalue weighted by Crippen LogP contribution is 2.34. The Hall–Kier alpha value is -0.580. The maximum Gasteiger partial charge on any atom is 0.251 e. The lowest BCUT2D eigenvalue weighted by molar-refractivity contribution is 0.0919. The van der Waals surface area contributed by atoms with Gasteiger partial charge >= 0.3 is 0 Å². The topological polar surface area (TPSA) is 29.1 Å². The molecular weight excluding hydrogens is 337 g/mol. The molecule has 0 spiro atoms. The Morgan fingerprint density at radius 3 is 2.72 bits per heavy atom. The van der Waals surface area contributed by atoms with E-state index in [-0.39, 0.29) is 5.91 Å². The summed E-state index contributed by atoms with van der Waals surface area (Å²) in [6, 6.07) is 7.73. The molecular formula is C15H20INO. The fraction of sp³-hybridized carbons (Fsp3) is 0.533. The van der Waals surface area contributed by atoms with Gasteiger partial charge in [0, 0.05) is 15.7 Å². The lowest BCUT2D eigenvalue weighted by Crippen LogP contribution is -2.37. The molecule has 2 nitrogen and oxygen atoms in total. The highest BCUT2D eigenvalue weighted by atomic mass is 127. The van der Waals surface area contributed by atoms with Crippen molar-refractivity contribution in [3.63, 3.8) is 0 Å². The molecule has 3 heteroatoms. The van der Waals surface area contributed by atoms with E-state index < -0.39 is 0 Å². The minimum atomic E-state index is 0.0558. The molecule has 0 bridgehead atoms. The number of halogens is 1. The number of benzene rings is 1. The number of carbonyl (C=O) groups is 1. The number of carbonyl (C=O) groups excluding carboxylic acids is 1. The van der Waals surface area contributed by atoms with E-state index in [0.717, 1.165) is 15.7 Å². The maximum absolute atomic E-state index is 12.1. The quantitative estimate of drug-likeness (QED) is 0.815. The minimum absolute atomic E-state index is 0.0558. The minimum Gasteiger partial charge on any atom is -0.351 e. The third-order valence-electron chi connectivity index (χ3n) is 3.82. The molecule has 1 amide bonds. The van der Waals surface area contributed by atoms with Crippen molar-refractivity contribution in [2.75, 3.05) is 6.54 Å². The molecule has 1 aliphatic carbocycles. The van der Waals surface area contributed by atoms with Gasteiger partial charge in [-0.2, -0.15) is 0 Å². The molecule has 1 aromatic carbocycles. The summed E-state index contributed by atoms with van der Waals surface area (Å²) in [5, 5.41) is 3.09. The van der Waals surface area contributed by atoms with E-state index in [1.165, 1.54) is 32.1 Å². The first kappa shape index (κ1) is 13.8. The average Bonchev–Trinajstić information content (AvgIpc) is 2.37. The molecule has 0 atom stereocenters. The van der Waals surface area contributed by atoms with E-state index in [9.17, 15) is 4.79 Å². The molecule has 1 aromatic rings. The molecule has 0 aromatic heterocycles. The van der Waals surface area contributed by atoms with Gasteiger partial charge in [0.05, 0.1) is 0 Å². The van der Waals surface area contributed by atoms with Crippen LogP contribution in [0.2, 0.25) is 0 Å². The van der Waals surface area contributed by atoms with Crippen LogP contribution in [0.1, 0.15) is 49.4 Å². The Balaban J connectivity index is 1.92. The summed E-state index contributed by atoms with van der Waals surface area (Å²) in [4.78, 5) is 12.1. The maximum atomic E-state index is 12.1. The van der Waals surface area contributed by atoms with Crippen LogP contribution >= 0.6 is 22.6 Å². The molecule has 1 aliphatic rings. The van der Waals surface area contributed by atoms with Gasteiger partial charge in [0.25, 0.3) is 5.91 Å². The highest BCUT2D eigenvalue weighted by Gasteiger charge is 2.27. The fourth-order valence-electron chi connectivity index (χ4n) is 2.61. The molecule has 2 rings (SSSR count). The molecule has 1 fully saturated rings. The molecule has 0 aliphatic heterocycles. The number of amides is 1. The summed E-state index contributed by atoms with van der Waals surface area (Å²) in [5.74, 6) is 0.0558. The number of nitrogens with one attached hydrogen (secondary N) is 1. The highest BCUT2D eigenvalue weighted by molar-refractivity contribution is 14.1. The molecule has 0 unspecified atom stereocenters. The second-order valence-corrected chi connectivity index (χ2v) is 6.81. The summed E-state index contributed by atoms with van der Waals surface area (Å²) >= 11 is 2.23. The van der Waals surface area contributed by atoms with Crippen molar-refractivity contribution in [3.8, 4) is 0 Å². The Bertz CT molecular complexity index is 424. The van der Waals surface area contributed by atoms with Crippen molar-refractivity contribution in [2.24, 2.45) is 5.41 Å². The lowest BCUT2D eigenvalue weighted by atomic mass is 9.76. The van der Waals surface area contributed by atoms with Gasteiger partial charge in [0.15, 0.2) is 0 Å². The summed E-state index contributed by atoms with van der Waals surface area (Å²) in [6.45, 7) is 3.10. The standard InChI is InChI=1S/C15H20INO/c1-15(8-3-2-4-9-15)11-17-14(18)12-6-5-7-13(16)10-12/h5-7,10H,2-4,8-9,11H2,1H3,(H,17,18). The summed E-state index contributed by atoms with van der Waals surface area (Å²) < 4.78 is 1.10. The average molecular weight is 357 g/mol. The van der Waals surface area contributed by atoms with Crippen molar-refractivity contribution in [3.05, 3.63) is 33.4 Å². The zero-order chi connectivity index (χ0) is 13.0. The van der Waals surface area contributed by atoms with E-state index in [4.69, 9.17) is 0 Å². The molecule has 1 saturated carbocycles. The van der Waals surface area contributed by atoms with Crippen LogP contribution in [0.15, 0.2) is 24.3 Å². The van der Waals surface area contributed by atoms with Gasteiger partial charge in [-0.25, -0.2) is 0 Å². The van der Waals surface area contributed by atoms with Crippen LogP contribution in [0.3, 0.4) is 0 Å². The molecule has 0 saturated heterocycles. The normalized spacial score (nSPS) is 18.3. The first-order valence-electron chi connectivity index (χ1n) is 6.63. The number of hydrogen-bond acceptors (Lipinski definition) is 1. The van der Waals surface area contributed by atoms with E-state index in [1.807, 2.05) is 24.3 Å². The van der Waals surface area contributed by atoms with E-state index in [0.29, 0.717) is 5.41 Å². The molecule has 98 valence electrons. The van der Waals surface area contributed by atoms with Crippen LogP contribution in [0.5, 0.6) is 0 Å². The van der Waals surface area contributed by atoms with Crippen molar-refractivity contribution in [1.29, 1.82) is 0 Å². The smallest absolute Gasteiger partial charge is 0.251 e. The van der Waals surface area contributed by atoms with Crippen LogP contribution in [0, 0.1) is 8.99 Å². The summed E-state index contributed by atoms with van der Waals surface area (Å²) in [5.41, 5.74) is 1.07. The number of hydrogen-bond donors (Lipinski definition) is 1. The number of rotatable bonds is 3. The van der Waals surface area contributed by atoms with Gasteiger partial charge in [-0.1, -0.05) is 32.3 Å². The monoisotopic (exact) mass is 357 g/mol. The zero-order valence-electron chi connectivity index (χ0n) is 10.8.